The summed E-state index contributed by atoms with van der Waals surface area (Å²) in [6.07, 6.45) is 5.42. The number of fused-ring (bicyclic) bond motifs is 1. The third kappa shape index (κ3) is 2.40. The molecule has 3 heteroatoms. The molecule has 0 amide bonds. The van der Waals surface area contributed by atoms with Gasteiger partial charge in [0.25, 0.3) is 0 Å². The largest absolute Gasteiger partial charge is 0.394 e. The zero-order valence-corrected chi connectivity index (χ0v) is 9.75. The molecule has 0 radical (unpaired) electrons. The first kappa shape index (κ1) is 12.7. The minimum absolute atomic E-state index is 0.00975. The Balaban J connectivity index is 0.000000531. The van der Waals surface area contributed by atoms with Gasteiger partial charge in [-0.1, -0.05) is 19.9 Å². The Hall–Kier alpha value is -0.410. The van der Waals surface area contributed by atoms with Gasteiger partial charge in [0.2, 0.25) is 0 Å². The van der Waals surface area contributed by atoms with Crippen LogP contribution in [-0.4, -0.2) is 35.2 Å². The van der Waals surface area contributed by atoms with E-state index in [1.54, 1.807) is 6.08 Å². The van der Waals surface area contributed by atoms with Gasteiger partial charge in [-0.25, -0.2) is 4.39 Å². The maximum Gasteiger partial charge on any atom is 0.0830 e. The molecule has 0 saturated carbocycles. The molecule has 2 rings (SSSR count). The Labute approximate surface area is 91.8 Å². The van der Waals surface area contributed by atoms with Crippen LogP contribution in [0.3, 0.4) is 0 Å². The van der Waals surface area contributed by atoms with Gasteiger partial charge in [0.1, 0.15) is 0 Å². The molecule has 2 unspecified atom stereocenters. The van der Waals surface area contributed by atoms with Crippen LogP contribution in [0, 0.1) is 5.92 Å². The maximum atomic E-state index is 12.0. The van der Waals surface area contributed by atoms with E-state index in [1.165, 1.54) is 6.42 Å². The summed E-state index contributed by atoms with van der Waals surface area (Å²) in [5.74, 6) is 0.303. The summed E-state index contributed by atoms with van der Waals surface area (Å²) in [4.78, 5) is 2.32. The van der Waals surface area contributed by atoms with Crippen molar-refractivity contribution in [1.29, 1.82) is 0 Å². The molecular formula is C12H22FNO. The van der Waals surface area contributed by atoms with Gasteiger partial charge in [-0.15, -0.1) is 0 Å². The van der Waals surface area contributed by atoms with E-state index < -0.39 is 0 Å². The fourth-order valence-corrected chi connectivity index (χ4v) is 2.82. The van der Waals surface area contributed by atoms with E-state index in [1.807, 2.05) is 13.8 Å². The van der Waals surface area contributed by atoms with Crippen molar-refractivity contribution in [3.8, 4) is 0 Å². The van der Waals surface area contributed by atoms with Crippen molar-refractivity contribution in [2.24, 2.45) is 5.92 Å². The lowest BCUT2D eigenvalue weighted by Gasteiger charge is -2.29. The smallest absolute Gasteiger partial charge is 0.0830 e. The van der Waals surface area contributed by atoms with Gasteiger partial charge in [-0.2, -0.15) is 0 Å². The van der Waals surface area contributed by atoms with Crippen LogP contribution >= 0.6 is 0 Å². The number of nitrogens with zero attached hydrogens (tertiary/aromatic N) is 1. The van der Waals surface area contributed by atoms with E-state index in [-0.39, 0.29) is 12.1 Å². The van der Waals surface area contributed by atoms with Crippen molar-refractivity contribution in [2.45, 2.75) is 38.6 Å². The zero-order chi connectivity index (χ0) is 11.3. The monoisotopic (exact) mass is 215 g/mol. The van der Waals surface area contributed by atoms with Crippen LogP contribution in [0.2, 0.25) is 0 Å². The minimum Gasteiger partial charge on any atom is -0.394 e. The highest BCUT2D eigenvalue weighted by atomic mass is 19.1. The molecule has 2 aliphatic rings. The molecule has 2 saturated heterocycles. The predicted octanol–water partition coefficient (Wildman–Crippen LogP) is 2.34. The summed E-state index contributed by atoms with van der Waals surface area (Å²) in [6, 6.07) is 0. The van der Waals surface area contributed by atoms with E-state index in [0.29, 0.717) is 12.2 Å². The quantitative estimate of drug-likeness (QED) is 0.764. The molecule has 0 bridgehead atoms. The molecule has 88 valence electrons. The first-order chi connectivity index (χ1) is 7.30. The van der Waals surface area contributed by atoms with Crippen molar-refractivity contribution in [3.63, 3.8) is 0 Å². The van der Waals surface area contributed by atoms with Crippen LogP contribution in [-0.2, 0) is 0 Å². The Bertz CT molecular complexity index is 220. The molecule has 0 aliphatic carbocycles. The second-order valence-corrected chi connectivity index (χ2v) is 4.21. The molecular weight excluding hydrogens is 193 g/mol. The van der Waals surface area contributed by atoms with Crippen LogP contribution in [0.5, 0.6) is 0 Å². The fraction of sp³-hybridized carbons (Fsp3) is 0.833. The first-order valence-corrected chi connectivity index (χ1v) is 5.93. The molecule has 2 aliphatic heterocycles. The molecule has 2 atom stereocenters. The number of halogens is 1. The van der Waals surface area contributed by atoms with Gasteiger partial charge < -0.3 is 5.11 Å². The second-order valence-electron chi connectivity index (χ2n) is 4.21. The molecule has 0 aromatic carbocycles. The molecule has 0 aromatic rings. The molecule has 1 N–H and O–H groups in total. The lowest BCUT2D eigenvalue weighted by atomic mass is 9.91. The highest BCUT2D eigenvalue weighted by Gasteiger charge is 2.46. The number of hydrogen-bond donors (Lipinski definition) is 1. The molecule has 2 heterocycles. The van der Waals surface area contributed by atoms with Crippen molar-refractivity contribution >= 4 is 0 Å². The average molecular weight is 215 g/mol. The summed E-state index contributed by atoms with van der Waals surface area (Å²) in [7, 11) is 0. The van der Waals surface area contributed by atoms with E-state index in [0.717, 1.165) is 25.9 Å². The lowest BCUT2D eigenvalue weighted by Crippen LogP contribution is -2.41. The molecule has 0 spiro atoms. The van der Waals surface area contributed by atoms with Crippen molar-refractivity contribution in [3.05, 3.63) is 12.4 Å². The Morgan fingerprint density at radius 2 is 2.27 bits per heavy atom. The summed E-state index contributed by atoms with van der Waals surface area (Å²) >= 11 is 0. The zero-order valence-electron chi connectivity index (χ0n) is 9.75. The number of aliphatic hydroxyl groups excluding tert-OH is 1. The van der Waals surface area contributed by atoms with Crippen LogP contribution in [0.25, 0.3) is 0 Å². The molecule has 15 heavy (non-hydrogen) atoms. The number of aliphatic hydroxyl groups is 1. The van der Waals surface area contributed by atoms with Crippen LogP contribution in [0.15, 0.2) is 12.4 Å². The van der Waals surface area contributed by atoms with Gasteiger partial charge in [-0.3, -0.25) is 4.90 Å². The Morgan fingerprint density at radius 3 is 2.80 bits per heavy atom. The van der Waals surface area contributed by atoms with Crippen molar-refractivity contribution in [2.75, 3.05) is 19.7 Å². The van der Waals surface area contributed by atoms with Crippen molar-refractivity contribution < 1.29 is 9.50 Å². The number of hydrogen-bond acceptors (Lipinski definition) is 2. The summed E-state index contributed by atoms with van der Waals surface area (Å²) in [5, 5.41) is 9.35. The first-order valence-electron chi connectivity index (χ1n) is 5.93. The third-order valence-electron chi connectivity index (χ3n) is 3.48. The van der Waals surface area contributed by atoms with E-state index in [4.69, 9.17) is 0 Å². The van der Waals surface area contributed by atoms with Gasteiger partial charge in [-0.05, 0) is 31.7 Å². The van der Waals surface area contributed by atoms with Gasteiger partial charge in [0.05, 0.1) is 12.9 Å². The Kier molecular flexibility index (Phi) is 4.74. The molecule has 0 aromatic heterocycles. The van der Waals surface area contributed by atoms with E-state index >= 15 is 0 Å². The summed E-state index contributed by atoms with van der Waals surface area (Å²) < 4.78 is 12.0. The summed E-state index contributed by atoms with van der Waals surface area (Å²) in [6.45, 7) is 6.21. The minimum atomic E-state index is -0.00975. The van der Waals surface area contributed by atoms with Crippen molar-refractivity contribution in [1.82, 2.24) is 4.90 Å². The third-order valence-corrected chi connectivity index (χ3v) is 3.48. The SMILES string of the molecule is CC.OCC12CCCN1CC(/C=C/F)C2. The fourth-order valence-electron chi connectivity index (χ4n) is 2.82. The average Bonchev–Trinajstić information content (AvgIpc) is 2.78. The van der Waals surface area contributed by atoms with E-state index in [2.05, 4.69) is 4.90 Å². The van der Waals surface area contributed by atoms with Crippen LogP contribution in [0.4, 0.5) is 4.39 Å². The second kappa shape index (κ2) is 5.61. The van der Waals surface area contributed by atoms with Gasteiger partial charge in [0.15, 0.2) is 0 Å². The van der Waals surface area contributed by atoms with Gasteiger partial charge in [0, 0.05) is 12.1 Å². The molecule has 2 fully saturated rings. The predicted molar refractivity (Wildman–Crippen MR) is 60.3 cm³/mol. The highest BCUT2D eigenvalue weighted by molar-refractivity contribution is 5.06. The van der Waals surface area contributed by atoms with Crippen LogP contribution < -0.4 is 0 Å². The Morgan fingerprint density at radius 1 is 1.53 bits per heavy atom. The van der Waals surface area contributed by atoms with Crippen LogP contribution in [0.1, 0.15) is 33.1 Å². The molecule has 2 nitrogen and oxygen atoms in total. The maximum absolute atomic E-state index is 12.0. The number of rotatable bonds is 2. The van der Waals surface area contributed by atoms with E-state index in [9.17, 15) is 9.50 Å². The lowest BCUT2D eigenvalue weighted by molar-refractivity contribution is 0.0998. The topological polar surface area (TPSA) is 23.5 Å². The standard InChI is InChI=1S/C10H16FNO.C2H6/c11-4-2-9-6-10(8-13)3-1-5-12(10)7-9;1-2/h2,4,9,13H,1,3,5-8H2;1-2H3/b4-2+;. The normalized spacial score (nSPS) is 35.3. The summed E-state index contributed by atoms with van der Waals surface area (Å²) in [5.41, 5.74) is -0.00975. The van der Waals surface area contributed by atoms with Gasteiger partial charge >= 0.3 is 0 Å². The highest BCUT2D eigenvalue weighted by Crippen LogP contribution is 2.41.